The molecule has 130 valence electrons. The predicted molar refractivity (Wildman–Crippen MR) is 100 cm³/mol. The third-order valence-electron chi connectivity index (χ3n) is 4.04. The predicted octanol–water partition coefficient (Wildman–Crippen LogP) is 3.19. The molecule has 0 atom stereocenters. The molecule has 1 N–H and O–H groups in total. The Morgan fingerprint density at radius 3 is 2.88 bits per heavy atom. The van der Waals surface area contributed by atoms with Crippen molar-refractivity contribution in [3.8, 4) is 10.6 Å². The molecule has 6 nitrogen and oxygen atoms in total. The average Bonchev–Trinajstić information content (AvgIpc) is 3.29. The molecule has 1 aromatic carbocycles. The van der Waals surface area contributed by atoms with Crippen LogP contribution in [0.2, 0.25) is 0 Å². The number of amides is 1. The van der Waals surface area contributed by atoms with Crippen LogP contribution in [0.15, 0.2) is 63.1 Å². The number of thiophene rings is 1. The lowest BCUT2D eigenvalue weighted by Gasteiger charge is -2.05. The molecule has 0 saturated heterocycles. The summed E-state index contributed by atoms with van der Waals surface area (Å²) < 4.78 is 7.28. The van der Waals surface area contributed by atoms with Gasteiger partial charge in [0.05, 0.1) is 22.5 Å². The SMILES string of the molecule is Cn1nc(-c2cccs2)cc1CNC(=O)c1cc(=O)c2ccccc2o1. The largest absolute Gasteiger partial charge is 0.451 e. The molecule has 0 bridgehead atoms. The van der Waals surface area contributed by atoms with Gasteiger partial charge >= 0.3 is 0 Å². The minimum absolute atomic E-state index is 0.00523. The van der Waals surface area contributed by atoms with Gasteiger partial charge in [-0.1, -0.05) is 18.2 Å². The molecule has 0 aliphatic rings. The fourth-order valence-electron chi connectivity index (χ4n) is 2.69. The number of rotatable bonds is 4. The molecule has 1 amide bonds. The number of fused-ring (bicyclic) bond motifs is 1. The van der Waals surface area contributed by atoms with E-state index in [1.165, 1.54) is 6.07 Å². The molecule has 0 spiro atoms. The smallest absolute Gasteiger partial charge is 0.287 e. The van der Waals surface area contributed by atoms with Crippen molar-refractivity contribution >= 4 is 28.2 Å². The number of carbonyl (C=O) groups is 1. The molecule has 4 aromatic rings. The van der Waals surface area contributed by atoms with Gasteiger partial charge in [0.25, 0.3) is 5.91 Å². The van der Waals surface area contributed by atoms with Crippen LogP contribution in [0, 0.1) is 0 Å². The van der Waals surface area contributed by atoms with Crippen molar-refractivity contribution in [1.29, 1.82) is 0 Å². The highest BCUT2D eigenvalue weighted by atomic mass is 32.1. The number of benzene rings is 1. The zero-order chi connectivity index (χ0) is 18.1. The Bertz CT molecular complexity index is 1140. The summed E-state index contributed by atoms with van der Waals surface area (Å²) in [6.45, 7) is 0.282. The van der Waals surface area contributed by atoms with E-state index in [9.17, 15) is 9.59 Å². The minimum Gasteiger partial charge on any atom is -0.451 e. The van der Waals surface area contributed by atoms with Crippen LogP contribution in [0.3, 0.4) is 0 Å². The number of hydrogen-bond acceptors (Lipinski definition) is 5. The maximum absolute atomic E-state index is 12.4. The van der Waals surface area contributed by atoms with Crippen LogP contribution in [0.4, 0.5) is 0 Å². The van der Waals surface area contributed by atoms with Gasteiger partial charge in [0.15, 0.2) is 11.2 Å². The van der Waals surface area contributed by atoms with E-state index in [1.807, 2.05) is 30.6 Å². The maximum Gasteiger partial charge on any atom is 0.287 e. The second kappa shape index (κ2) is 6.61. The van der Waals surface area contributed by atoms with Crippen molar-refractivity contribution in [2.75, 3.05) is 0 Å². The van der Waals surface area contributed by atoms with Gasteiger partial charge in [-0.15, -0.1) is 11.3 Å². The molecule has 0 saturated carbocycles. The molecule has 26 heavy (non-hydrogen) atoms. The van der Waals surface area contributed by atoms with Crippen molar-refractivity contribution in [2.45, 2.75) is 6.54 Å². The fraction of sp³-hybridized carbons (Fsp3) is 0.105. The third kappa shape index (κ3) is 3.04. The van der Waals surface area contributed by atoms with Crippen LogP contribution in [0.1, 0.15) is 16.2 Å². The van der Waals surface area contributed by atoms with Crippen molar-refractivity contribution < 1.29 is 9.21 Å². The van der Waals surface area contributed by atoms with Gasteiger partial charge in [0, 0.05) is 13.1 Å². The maximum atomic E-state index is 12.4. The quantitative estimate of drug-likeness (QED) is 0.602. The highest BCUT2D eigenvalue weighted by Gasteiger charge is 2.14. The first kappa shape index (κ1) is 16.3. The van der Waals surface area contributed by atoms with E-state index in [2.05, 4.69) is 10.4 Å². The molecule has 7 heteroatoms. The second-order valence-electron chi connectivity index (χ2n) is 5.78. The monoisotopic (exact) mass is 365 g/mol. The first-order chi connectivity index (χ1) is 12.6. The van der Waals surface area contributed by atoms with Crippen LogP contribution in [-0.2, 0) is 13.6 Å². The summed E-state index contributed by atoms with van der Waals surface area (Å²) in [5.74, 6) is -0.443. The Morgan fingerprint density at radius 2 is 2.08 bits per heavy atom. The summed E-state index contributed by atoms with van der Waals surface area (Å²) in [6.07, 6.45) is 0. The lowest BCUT2D eigenvalue weighted by molar-refractivity contribution is 0.0923. The molecule has 0 fully saturated rings. The first-order valence-electron chi connectivity index (χ1n) is 8.00. The van der Waals surface area contributed by atoms with Crippen molar-refractivity contribution in [3.63, 3.8) is 0 Å². The second-order valence-corrected chi connectivity index (χ2v) is 6.72. The van der Waals surface area contributed by atoms with Gasteiger partial charge in [-0.2, -0.15) is 5.10 Å². The van der Waals surface area contributed by atoms with Crippen LogP contribution in [-0.4, -0.2) is 15.7 Å². The van der Waals surface area contributed by atoms with Crippen LogP contribution in [0.25, 0.3) is 21.5 Å². The summed E-state index contributed by atoms with van der Waals surface area (Å²) in [7, 11) is 1.83. The van der Waals surface area contributed by atoms with E-state index >= 15 is 0 Å². The van der Waals surface area contributed by atoms with Gasteiger partial charge in [0.1, 0.15) is 11.3 Å². The third-order valence-corrected chi connectivity index (χ3v) is 4.93. The molecule has 0 radical (unpaired) electrons. The average molecular weight is 365 g/mol. The van der Waals surface area contributed by atoms with E-state index in [1.54, 1.807) is 40.3 Å². The molecular formula is C19H15N3O3S. The minimum atomic E-state index is -0.438. The standard InChI is InChI=1S/C19H15N3O3S/c1-22-12(9-14(21-22)18-7-4-8-26-18)11-20-19(24)17-10-15(23)13-5-2-3-6-16(13)25-17/h2-10H,11H2,1H3,(H,20,24). The van der Waals surface area contributed by atoms with E-state index in [0.717, 1.165) is 16.3 Å². The summed E-state index contributed by atoms with van der Waals surface area (Å²) >= 11 is 1.61. The van der Waals surface area contributed by atoms with Gasteiger partial charge < -0.3 is 9.73 Å². The lowest BCUT2D eigenvalue weighted by atomic mass is 10.2. The molecule has 3 heterocycles. The highest BCUT2D eigenvalue weighted by molar-refractivity contribution is 7.13. The Morgan fingerprint density at radius 1 is 1.23 bits per heavy atom. The summed E-state index contributed by atoms with van der Waals surface area (Å²) in [5, 5.41) is 9.69. The molecule has 0 aliphatic heterocycles. The normalized spacial score (nSPS) is 11.0. The molecule has 4 rings (SSSR count). The molecule has 0 unspecified atom stereocenters. The topological polar surface area (TPSA) is 77.1 Å². The number of hydrogen-bond donors (Lipinski definition) is 1. The summed E-state index contributed by atoms with van der Waals surface area (Å²) in [4.78, 5) is 25.6. The number of para-hydroxylation sites is 1. The number of carbonyl (C=O) groups excluding carboxylic acids is 1. The fourth-order valence-corrected chi connectivity index (χ4v) is 3.37. The number of aryl methyl sites for hydroxylation is 1. The Balaban J connectivity index is 1.53. The molecule has 3 aromatic heterocycles. The van der Waals surface area contributed by atoms with Gasteiger partial charge in [0.2, 0.25) is 0 Å². The van der Waals surface area contributed by atoms with Crippen LogP contribution in [0.5, 0.6) is 0 Å². The van der Waals surface area contributed by atoms with E-state index in [4.69, 9.17) is 4.42 Å². The van der Waals surface area contributed by atoms with Crippen molar-refractivity contribution in [3.05, 3.63) is 75.6 Å². The summed E-state index contributed by atoms with van der Waals surface area (Å²) in [6, 6.07) is 14.0. The zero-order valence-corrected chi connectivity index (χ0v) is 14.7. The first-order valence-corrected chi connectivity index (χ1v) is 8.87. The molecular weight excluding hydrogens is 350 g/mol. The van der Waals surface area contributed by atoms with E-state index in [0.29, 0.717) is 11.0 Å². The zero-order valence-electron chi connectivity index (χ0n) is 13.9. The van der Waals surface area contributed by atoms with Gasteiger partial charge in [-0.3, -0.25) is 14.3 Å². The number of nitrogens with one attached hydrogen (secondary N) is 1. The van der Waals surface area contributed by atoms with Gasteiger partial charge in [-0.25, -0.2) is 0 Å². The van der Waals surface area contributed by atoms with Crippen molar-refractivity contribution in [1.82, 2.24) is 15.1 Å². The number of nitrogens with zero attached hydrogens (tertiary/aromatic N) is 2. The number of aromatic nitrogens is 2. The van der Waals surface area contributed by atoms with E-state index in [-0.39, 0.29) is 17.7 Å². The lowest BCUT2D eigenvalue weighted by Crippen LogP contribution is -2.25. The highest BCUT2D eigenvalue weighted by Crippen LogP contribution is 2.23. The molecule has 0 aliphatic carbocycles. The van der Waals surface area contributed by atoms with Crippen LogP contribution < -0.4 is 10.7 Å². The Kier molecular flexibility index (Phi) is 4.14. The Hall–Kier alpha value is -3.19. The van der Waals surface area contributed by atoms with E-state index < -0.39 is 5.91 Å². The van der Waals surface area contributed by atoms with Crippen molar-refractivity contribution in [2.24, 2.45) is 7.05 Å². The van der Waals surface area contributed by atoms with Gasteiger partial charge in [-0.05, 0) is 29.6 Å². The Labute approximate surface area is 152 Å². The summed E-state index contributed by atoms with van der Waals surface area (Å²) in [5.41, 5.74) is 1.87. The van der Waals surface area contributed by atoms with Crippen LogP contribution >= 0.6 is 11.3 Å².